The van der Waals surface area contributed by atoms with Crippen molar-refractivity contribution in [2.45, 2.75) is 12.6 Å². The predicted octanol–water partition coefficient (Wildman–Crippen LogP) is 1.29. The molecule has 1 unspecified atom stereocenters. The molecular formula is C10H9F2N3O. The number of aromatic nitrogens is 3. The number of aliphatic hydroxyl groups is 1. The number of benzene rings is 1. The van der Waals surface area contributed by atoms with Gasteiger partial charge in [0.2, 0.25) is 0 Å². The molecule has 0 aliphatic rings. The lowest BCUT2D eigenvalue weighted by atomic mass is 10.1. The molecule has 0 saturated carbocycles. The zero-order chi connectivity index (χ0) is 11.5. The standard InChI is InChI=1S/C10H9F2N3O/c11-7-1-2-8(9(12)3-7)10(16)4-15-6-13-5-14-15/h1-3,5-6,10,16H,4H2. The second-order valence-electron chi connectivity index (χ2n) is 3.30. The van der Waals surface area contributed by atoms with Gasteiger partial charge in [-0.3, -0.25) is 4.68 Å². The van der Waals surface area contributed by atoms with E-state index >= 15 is 0 Å². The summed E-state index contributed by atoms with van der Waals surface area (Å²) in [7, 11) is 0. The molecule has 1 heterocycles. The van der Waals surface area contributed by atoms with E-state index in [-0.39, 0.29) is 12.1 Å². The van der Waals surface area contributed by atoms with E-state index in [2.05, 4.69) is 10.1 Å². The summed E-state index contributed by atoms with van der Waals surface area (Å²) in [4.78, 5) is 3.69. The monoisotopic (exact) mass is 225 g/mol. The highest BCUT2D eigenvalue weighted by atomic mass is 19.1. The maximum atomic E-state index is 13.3. The minimum Gasteiger partial charge on any atom is -0.386 e. The lowest BCUT2D eigenvalue weighted by molar-refractivity contribution is 0.147. The van der Waals surface area contributed by atoms with Gasteiger partial charge in [0.25, 0.3) is 0 Å². The van der Waals surface area contributed by atoms with Gasteiger partial charge in [-0.1, -0.05) is 6.07 Å². The van der Waals surface area contributed by atoms with Gasteiger partial charge in [0.15, 0.2) is 0 Å². The Labute approximate surface area is 90.2 Å². The fourth-order valence-corrected chi connectivity index (χ4v) is 1.37. The lowest BCUT2D eigenvalue weighted by Gasteiger charge is -2.11. The molecule has 1 aromatic carbocycles. The molecule has 6 heteroatoms. The Bertz CT molecular complexity index is 473. The minimum atomic E-state index is -1.08. The number of hydrogen-bond acceptors (Lipinski definition) is 3. The molecule has 0 saturated heterocycles. The maximum Gasteiger partial charge on any atom is 0.137 e. The fourth-order valence-electron chi connectivity index (χ4n) is 1.37. The van der Waals surface area contributed by atoms with Gasteiger partial charge in [0, 0.05) is 11.6 Å². The molecule has 0 amide bonds. The van der Waals surface area contributed by atoms with Crippen molar-refractivity contribution in [1.29, 1.82) is 0 Å². The van der Waals surface area contributed by atoms with Crippen LogP contribution in [0.2, 0.25) is 0 Å². The van der Waals surface area contributed by atoms with Crippen LogP contribution < -0.4 is 0 Å². The summed E-state index contributed by atoms with van der Waals surface area (Å²) < 4.78 is 27.3. The van der Waals surface area contributed by atoms with Crippen LogP contribution in [0.3, 0.4) is 0 Å². The van der Waals surface area contributed by atoms with Gasteiger partial charge in [-0.05, 0) is 6.07 Å². The Morgan fingerprint density at radius 3 is 2.81 bits per heavy atom. The minimum absolute atomic E-state index is 0.0388. The molecule has 16 heavy (non-hydrogen) atoms. The van der Waals surface area contributed by atoms with E-state index in [1.165, 1.54) is 23.4 Å². The van der Waals surface area contributed by atoms with Gasteiger partial charge in [0.1, 0.15) is 30.4 Å². The Morgan fingerprint density at radius 1 is 1.38 bits per heavy atom. The lowest BCUT2D eigenvalue weighted by Crippen LogP contribution is -2.10. The van der Waals surface area contributed by atoms with Crippen molar-refractivity contribution in [3.8, 4) is 0 Å². The van der Waals surface area contributed by atoms with Crippen molar-refractivity contribution in [2.75, 3.05) is 0 Å². The van der Waals surface area contributed by atoms with Crippen molar-refractivity contribution >= 4 is 0 Å². The maximum absolute atomic E-state index is 13.3. The van der Waals surface area contributed by atoms with Crippen molar-refractivity contribution in [2.24, 2.45) is 0 Å². The number of hydrogen-bond donors (Lipinski definition) is 1. The zero-order valence-electron chi connectivity index (χ0n) is 8.22. The Kier molecular flexibility index (Phi) is 2.91. The van der Waals surface area contributed by atoms with Crippen LogP contribution in [-0.4, -0.2) is 19.9 Å². The number of aliphatic hydroxyl groups excluding tert-OH is 1. The number of halogens is 2. The number of rotatable bonds is 3. The topological polar surface area (TPSA) is 50.9 Å². The highest BCUT2D eigenvalue weighted by molar-refractivity contribution is 5.20. The summed E-state index contributed by atoms with van der Waals surface area (Å²) in [6.45, 7) is 0.0720. The number of nitrogens with zero attached hydrogens (tertiary/aromatic N) is 3. The highest BCUT2D eigenvalue weighted by Crippen LogP contribution is 2.19. The molecule has 0 spiro atoms. The Balaban J connectivity index is 2.17. The van der Waals surface area contributed by atoms with Crippen LogP contribution in [0.5, 0.6) is 0 Å². The van der Waals surface area contributed by atoms with Gasteiger partial charge < -0.3 is 5.11 Å². The fraction of sp³-hybridized carbons (Fsp3) is 0.200. The van der Waals surface area contributed by atoms with Crippen LogP contribution in [0.1, 0.15) is 11.7 Å². The van der Waals surface area contributed by atoms with Gasteiger partial charge in [-0.25, -0.2) is 13.8 Å². The molecule has 1 atom stereocenters. The first-order valence-corrected chi connectivity index (χ1v) is 4.62. The third kappa shape index (κ3) is 2.22. The SMILES string of the molecule is OC(Cn1cncn1)c1ccc(F)cc1F. The van der Waals surface area contributed by atoms with Crippen LogP contribution in [-0.2, 0) is 6.54 Å². The van der Waals surface area contributed by atoms with Crippen LogP contribution in [0.25, 0.3) is 0 Å². The van der Waals surface area contributed by atoms with E-state index in [0.717, 1.165) is 12.1 Å². The second-order valence-corrected chi connectivity index (χ2v) is 3.30. The normalized spacial score (nSPS) is 12.7. The predicted molar refractivity (Wildman–Crippen MR) is 51.3 cm³/mol. The zero-order valence-corrected chi connectivity index (χ0v) is 8.22. The van der Waals surface area contributed by atoms with E-state index in [1.807, 2.05) is 0 Å². The average molecular weight is 225 g/mol. The summed E-state index contributed by atoms with van der Waals surface area (Å²) in [5.41, 5.74) is 0.0388. The first kappa shape index (κ1) is 10.7. The summed E-state index contributed by atoms with van der Waals surface area (Å²) in [6.07, 6.45) is 1.64. The first-order chi connectivity index (χ1) is 7.66. The molecular weight excluding hydrogens is 216 g/mol. The molecule has 1 N–H and O–H groups in total. The summed E-state index contributed by atoms with van der Waals surface area (Å²) in [5.74, 6) is -1.44. The largest absolute Gasteiger partial charge is 0.386 e. The van der Waals surface area contributed by atoms with E-state index < -0.39 is 17.7 Å². The van der Waals surface area contributed by atoms with Crippen molar-refractivity contribution in [1.82, 2.24) is 14.8 Å². The molecule has 0 fully saturated rings. The molecule has 84 valence electrons. The highest BCUT2D eigenvalue weighted by Gasteiger charge is 2.14. The second kappa shape index (κ2) is 4.36. The molecule has 1 aromatic heterocycles. The van der Waals surface area contributed by atoms with Gasteiger partial charge in [0.05, 0.1) is 6.54 Å². The first-order valence-electron chi connectivity index (χ1n) is 4.62. The van der Waals surface area contributed by atoms with Gasteiger partial charge in [-0.15, -0.1) is 0 Å². The smallest absolute Gasteiger partial charge is 0.137 e. The quantitative estimate of drug-likeness (QED) is 0.856. The third-order valence-corrected chi connectivity index (χ3v) is 2.15. The molecule has 0 radical (unpaired) electrons. The van der Waals surface area contributed by atoms with Crippen LogP contribution in [0, 0.1) is 11.6 Å². The van der Waals surface area contributed by atoms with E-state index in [0.29, 0.717) is 0 Å². The van der Waals surface area contributed by atoms with Crippen molar-refractivity contribution in [3.63, 3.8) is 0 Å². The van der Waals surface area contributed by atoms with Crippen molar-refractivity contribution in [3.05, 3.63) is 48.1 Å². The van der Waals surface area contributed by atoms with E-state index in [9.17, 15) is 13.9 Å². The van der Waals surface area contributed by atoms with E-state index in [1.54, 1.807) is 0 Å². The van der Waals surface area contributed by atoms with Gasteiger partial charge >= 0.3 is 0 Å². The molecule has 4 nitrogen and oxygen atoms in total. The Morgan fingerprint density at radius 2 is 2.19 bits per heavy atom. The van der Waals surface area contributed by atoms with E-state index in [4.69, 9.17) is 0 Å². The summed E-state index contributed by atoms with van der Waals surface area (Å²) >= 11 is 0. The van der Waals surface area contributed by atoms with Gasteiger partial charge in [-0.2, -0.15) is 5.10 Å². The van der Waals surface area contributed by atoms with Crippen LogP contribution in [0.4, 0.5) is 8.78 Å². The average Bonchev–Trinajstić information content (AvgIpc) is 2.70. The molecule has 2 rings (SSSR count). The van der Waals surface area contributed by atoms with Crippen molar-refractivity contribution < 1.29 is 13.9 Å². The molecule has 0 aliphatic carbocycles. The Hall–Kier alpha value is -1.82. The summed E-state index contributed by atoms with van der Waals surface area (Å²) in [5, 5.41) is 13.5. The molecule has 0 aliphatic heterocycles. The molecule has 2 aromatic rings. The molecule has 0 bridgehead atoms. The van der Waals surface area contributed by atoms with Crippen LogP contribution >= 0.6 is 0 Å². The third-order valence-electron chi connectivity index (χ3n) is 2.15. The summed E-state index contributed by atoms with van der Waals surface area (Å²) in [6, 6.07) is 3.05. The van der Waals surface area contributed by atoms with Crippen LogP contribution in [0.15, 0.2) is 30.9 Å².